The van der Waals surface area contributed by atoms with E-state index in [-0.39, 0.29) is 11.9 Å². The zero-order valence-corrected chi connectivity index (χ0v) is 17.2. The molecule has 31 heavy (non-hydrogen) atoms. The highest BCUT2D eigenvalue weighted by Gasteiger charge is 2.31. The average Bonchev–Trinajstić information content (AvgIpc) is 3.51. The van der Waals surface area contributed by atoms with Crippen LogP contribution >= 0.6 is 0 Å². The van der Waals surface area contributed by atoms with Gasteiger partial charge in [0.1, 0.15) is 17.5 Å². The lowest BCUT2D eigenvalue weighted by molar-refractivity contribution is 0.451. The van der Waals surface area contributed by atoms with Crippen molar-refractivity contribution in [1.29, 1.82) is 0 Å². The van der Waals surface area contributed by atoms with E-state index in [9.17, 15) is 4.39 Å². The minimum Gasteiger partial charge on any atom is -0.335 e. The number of halogens is 1. The van der Waals surface area contributed by atoms with Crippen LogP contribution in [-0.2, 0) is 19.4 Å². The topological polar surface area (TPSA) is 87.4 Å². The van der Waals surface area contributed by atoms with Crippen molar-refractivity contribution in [2.24, 2.45) is 5.73 Å². The Balaban J connectivity index is 1.63. The molecule has 2 N–H and O–H groups in total. The Morgan fingerprint density at radius 1 is 1.10 bits per heavy atom. The van der Waals surface area contributed by atoms with Crippen molar-refractivity contribution in [2.45, 2.75) is 38.3 Å². The quantitative estimate of drug-likeness (QED) is 0.498. The van der Waals surface area contributed by atoms with Gasteiger partial charge in [-0.05, 0) is 49.7 Å². The van der Waals surface area contributed by atoms with Crippen molar-refractivity contribution in [1.82, 2.24) is 29.1 Å². The molecule has 0 saturated heterocycles. The van der Waals surface area contributed by atoms with Crippen molar-refractivity contribution in [3.63, 3.8) is 0 Å². The molecule has 5 rings (SSSR count). The second-order valence-corrected chi connectivity index (χ2v) is 7.80. The fourth-order valence-electron chi connectivity index (χ4n) is 4.25. The number of aryl methyl sites for hydroxylation is 2. The molecule has 1 aliphatic heterocycles. The normalized spacial score (nSPS) is 15.4. The molecule has 0 bridgehead atoms. The SMILES string of the molecule is NCCCc1nccc(-c2c(-c3ccc(F)cc3)nc3n2C(Cn2ccnc2)CC3)n1. The molecule has 0 fully saturated rings. The van der Waals surface area contributed by atoms with Gasteiger partial charge in [-0.15, -0.1) is 0 Å². The van der Waals surface area contributed by atoms with Crippen LogP contribution in [0.5, 0.6) is 0 Å². The zero-order valence-electron chi connectivity index (χ0n) is 17.2. The van der Waals surface area contributed by atoms with Crippen molar-refractivity contribution in [3.8, 4) is 22.6 Å². The Bertz CT molecular complexity index is 1170. The number of benzene rings is 1. The van der Waals surface area contributed by atoms with Crippen LogP contribution in [0, 0.1) is 5.82 Å². The third-order valence-electron chi connectivity index (χ3n) is 5.70. The molecule has 0 radical (unpaired) electrons. The molecule has 4 aromatic rings. The van der Waals surface area contributed by atoms with Crippen LogP contribution in [-0.4, -0.2) is 35.6 Å². The number of nitrogens with two attached hydrogens (primary N) is 1. The van der Waals surface area contributed by atoms with Crippen LogP contribution in [0.1, 0.15) is 30.5 Å². The highest BCUT2D eigenvalue weighted by molar-refractivity contribution is 5.77. The molecule has 0 spiro atoms. The van der Waals surface area contributed by atoms with E-state index in [1.165, 1.54) is 12.1 Å². The van der Waals surface area contributed by atoms with Gasteiger partial charge in [0.05, 0.1) is 29.5 Å². The number of imidazole rings is 2. The molecule has 8 heteroatoms. The lowest BCUT2D eigenvalue weighted by Crippen LogP contribution is -2.13. The second kappa shape index (κ2) is 8.39. The van der Waals surface area contributed by atoms with E-state index in [1.54, 1.807) is 24.5 Å². The fraction of sp³-hybridized carbons (Fsp3) is 0.304. The summed E-state index contributed by atoms with van der Waals surface area (Å²) in [5, 5.41) is 0. The monoisotopic (exact) mass is 417 g/mol. The summed E-state index contributed by atoms with van der Waals surface area (Å²) in [6.07, 6.45) is 10.9. The van der Waals surface area contributed by atoms with E-state index in [0.717, 1.165) is 66.5 Å². The summed E-state index contributed by atoms with van der Waals surface area (Å²) in [5.41, 5.74) is 9.16. The largest absolute Gasteiger partial charge is 0.335 e. The van der Waals surface area contributed by atoms with E-state index in [0.29, 0.717) is 6.54 Å². The summed E-state index contributed by atoms with van der Waals surface area (Å²) in [6.45, 7) is 1.41. The Hall–Kier alpha value is -3.39. The van der Waals surface area contributed by atoms with E-state index < -0.39 is 0 Å². The summed E-state index contributed by atoms with van der Waals surface area (Å²) in [6, 6.07) is 8.66. The van der Waals surface area contributed by atoms with Crippen molar-refractivity contribution in [3.05, 3.63) is 72.7 Å². The number of hydrogen-bond donors (Lipinski definition) is 1. The fourth-order valence-corrected chi connectivity index (χ4v) is 4.25. The second-order valence-electron chi connectivity index (χ2n) is 7.80. The predicted octanol–water partition coefficient (Wildman–Crippen LogP) is 3.42. The van der Waals surface area contributed by atoms with E-state index >= 15 is 0 Å². The molecule has 3 aromatic heterocycles. The minimum atomic E-state index is -0.263. The molecule has 0 saturated carbocycles. The summed E-state index contributed by atoms with van der Waals surface area (Å²) in [4.78, 5) is 18.4. The highest BCUT2D eigenvalue weighted by atomic mass is 19.1. The first-order chi connectivity index (χ1) is 15.2. The zero-order chi connectivity index (χ0) is 21.2. The number of hydrogen-bond acceptors (Lipinski definition) is 5. The van der Waals surface area contributed by atoms with Crippen LogP contribution in [0.25, 0.3) is 22.6 Å². The Morgan fingerprint density at radius 3 is 2.74 bits per heavy atom. The standard InChI is InChI=1S/C23H24FN7/c24-17-5-3-16(4-6-17)22-23(19-9-11-27-20(28-19)2-1-10-25)31-18(7-8-21(31)29-22)14-30-13-12-26-15-30/h3-6,9,11-13,15,18H,1-2,7-8,10,14,25H2. The number of nitrogens with zero attached hydrogens (tertiary/aromatic N) is 6. The van der Waals surface area contributed by atoms with Gasteiger partial charge >= 0.3 is 0 Å². The predicted molar refractivity (Wildman–Crippen MR) is 116 cm³/mol. The van der Waals surface area contributed by atoms with Crippen LogP contribution < -0.4 is 5.73 Å². The van der Waals surface area contributed by atoms with E-state index in [4.69, 9.17) is 15.7 Å². The van der Waals surface area contributed by atoms with Crippen molar-refractivity contribution < 1.29 is 4.39 Å². The van der Waals surface area contributed by atoms with E-state index in [2.05, 4.69) is 19.1 Å². The maximum Gasteiger partial charge on any atom is 0.129 e. The molecule has 0 amide bonds. The molecule has 1 aliphatic rings. The van der Waals surface area contributed by atoms with Gasteiger partial charge in [-0.1, -0.05) is 0 Å². The maximum absolute atomic E-state index is 13.6. The summed E-state index contributed by atoms with van der Waals surface area (Å²) < 4.78 is 18.0. The molecule has 1 unspecified atom stereocenters. The molecule has 1 aromatic carbocycles. The smallest absolute Gasteiger partial charge is 0.129 e. The molecule has 7 nitrogen and oxygen atoms in total. The summed E-state index contributed by atoms with van der Waals surface area (Å²) in [7, 11) is 0. The molecule has 4 heterocycles. The molecule has 158 valence electrons. The van der Waals surface area contributed by atoms with Gasteiger partial charge in [0, 0.05) is 43.5 Å². The minimum absolute atomic E-state index is 0.239. The highest BCUT2D eigenvalue weighted by Crippen LogP contribution is 2.39. The van der Waals surface area contributed by atoms with Gasteiger partial charge < -0.3 is 14.9 Å². The van der Waals surface area contributed by atoms with Gasteiger partial charge in [-0.3, -0.25) is 0 Å². The molecule has 1 atom stereocenters. The van der Waals surface area contributed by atoms with Gasteiger partial charge in [0.15, 0.2) is 0 Å². The van der Waals surface area contributed by atoms with Gasteiger partial charge in [0.2, 0.25) is 0 Å². The van der Waals surface area contributed by atoms with E-state index in [1.807, 2.05) is 18.6 Å². The van der Waals surface area contributed by atoms with Crippen molar-refractivity contribution in [2.75, 3.05) is 6.54 Å². The maximum atomic E-state index is 13.6. The lowest BCUT2D eigenvalue weighted by atomic mass is 10.1. The lowest BCUT2D eigenvalue weighted by Gasteiger charge is -2.18. The summed E-state index contributed by atoms with van der Waals surface area (Å²) >= 11 is 0. The average molecular weight is 417 g/mol. The van der Waals surface area contributed by atoms with Gasteiger partial charge in [0.25, 0.3) is 0 Å². The molecular formula is C23H24FN7. The third kappa shape index (κ3) is 3.86. The molecular weight excluding hydrogens is 393 g/mol. The molecule has 0 aliphatic carbocycles. The number of fused-ring (bicyclic) bond motifs is 1. The Kier molecular flexibility index (Phi) is 5.30. The van der Waals surface area contributed by atoms with Crippen LogP contribution in [0.4, 0.5) is 4.39 Å². The first-order valence-electron chi connectivity index (χ1n) is 10.6. The van der Waals surface area contributed by atoms with Gasteiger partial charge in [-0.25, -0.2) is 24.3 Å². The first-order valence-corrected chi connectivity index (χ1v) is 10.6. The number of rotatable bonds is 7. The van der Waals surface area contributed by atoms with Crippen molar-refractivity contribution >= 4 is 0 Å². The third-order valence-corrected chi connectivity index (χ3v) is 5.70. The van der Waals surface area contributed by atoms with Crippen LogP contribution in [0.15, 0.2) is 55.2 Å². The Labute approximate surface area is 179 Å². The Morgan fingerprint density at radius 2 is 1.97 bits per heavy atom. The van der Waals surface area contributed by atoms with Crippen LogP contribution in [0.2, 0.25) is 0 Å². The number of aromatic nitrogens is 6. The van der Waals surface area contributed by atoms with Gasteiger partial charge in [-0.2, -0.15) is 0 Å². The first kappa shape index (κ1) is 19.6. The van der Waals surface area contributed by atoms with Crippen LogP contribution in [0.3, 0.4) is 0 Å². The summed E-state index contributed by atoms with van der Waals surface area (Å²) in [5.74, 6) is 1.54.